The Labute approximate surface area is 94.4 Å². The highest BCUT2D eigenvalue weighted by Crippen LogP contribution is 2.27. The molecule has 0 bridgehead atoms. The summed E-state index contributed by atoms with van der Waals surface area (Å²) < 4.78 is 29.1. The Kier molecular flexibility index (Phi) is 3.66. The van der Waals surface area contributed by atoms with Gasteiger partial charge in [0.2, 0.25) is 0 Å². The molecule has 0 saturated carbocycles. The van der Waals surface area contributed by atoms with Crippen molar-refractivity contribution in [1.29, 1.82) is 0 Å². The highest BCUT2D eigenvalue weighted by atomic mass is 19.3. The fraction of sp³-hybridized carbons (Fsp3) is 0.333. The van der Waals surface area contributed by atoms with Gasteiger partial charge in [0.15, 0.2) is 5.56 Å². The number of alkyl halides is 2. The maximum Gasteiger partial charge on any atom is 0.346 e. The third-order valence-corrected chi connectivity index (χ3v) is 2.01. The number of nitrogens with zero attached hydrogens (tertiary/aromatic N) is 2. The average Bonchev–Trinajstić information content (AvgIpc) is 2.26. The summed E-state index contributed by atoms with van der Waals surface area (Å²) in [7, 11) is 1.03. The van der Waals surface area contributed by atoms with Crippen LogP contribution in [0.4, 0.5) is 14.5 Å². The Morgan fingerprint density at radius 3 is 2.59 bits per heavy atom. The largest absolute Gasteiger partial charge is 0.465 e. The molecule has 0 aromatic carbocycles. The molecule has 1 aromatic heterocycles. The summed E-state index contributed by atoms with van der Waals surface area (Å²) in [5.74, 6) is -0.984. The number of pyridine rings is 1. The molecule has 0 amide bonds. The Morgan fingerprint density at radius 1 is 1.59 bits per heavy atom. The quantitative estimate of drug-likeness (QED) is 0.463. The molecule has 17 heavy (non-hydrogen) atoms. The van der Waals surface area contributed by atoms with Crippen LogP contribution >= 0.6 is 0 Å². The minimum Gasteiger partial charge on any atom is -0.465 e. The second-order valence-corrected chi connectivity index (χ2v) is 3.08. The summed E-state index contributed by atoms with van der Waals surface area (Å²) in [6.07, 6.45) is -2.95. The molecule has 0 atom stereocenters. The minimum atomic E-state index is -2.95. The van der Waals surface area contributed by atoms with Crippen LogP contribution in [0.15, 0.2) is 6.07 Å². The lowest BCUT2D eigenvalue weighted by atomic mass is 10.1. The van der Waals surface area contributed by atoms with Crippen molar-refractivity contribution >= 4 is 11.7 Å². The summed E-state index contributed by atoms with van der Waals surface area (Å²) in [6.45, 7) is 1.23. The van der Waals surface area contributed by atoms with Gasteiger partial charge in [-0.05, 0) is 6.92 Å². The number of hydrogen-bond acceptors (Lipinski definition) is 5. The predicted octanol–water partition coefficient (Wildman–Crippen LogP) is 2.02. The Morgan fingerprint density at radius 2 is 2.18 bits per heavy atom. The third kappa shape index (κ3) is 2.52. The van der Waals surface area contributed by atoms with Crippen LogP contribution < -0.4 is 0 Å². The number of rotatable bonds is 3. The van der Waals surface area contributed by atoms with E-state index >= 15 is 0 Å². The summed E-state index contributed by atoms with van der Waals surface area (Å²) in [6, 6.07) is 0.573. The molecule has 92 valence electrons. The smallest absolute Gasteiger partial charge is 0.346 e. The molecule has 0 spiro atoms. The monoisotopic (exact) mass is 246 g/mol. The molecule has 0 aliphatic heterocycles. The van der Waals surface area contributed by atoms with E-state index in [9.17, 15) is 23.7 Å². The number of halogens is 2. The number of ether oxygens (including phenoxy) is 1. The van der Waals surface area contributed by atoms with Crippen LogP contribution in [0.25, 0.3) is 0 Å². The maximum absolute atomic E-state index is 12.4. The molecule has 0 aliphatic carbocycles. The Bertz CT molecular complexity index is 476. The van der Waals surface area contributed by atoms with Gasteiger partial charge >= 0.3 is 5.97 Å². The number of aryl methyl sites for hydroxylation is 1. The van der Waals surface area contributed by atoms with Gasteiger partial charge in [0.25, 0.3) is 12.1 Å². The molecular formula is C9H8F2N2O4. The van der Waals surface area contributed by atoms with Gasteiger partial charge in [-0.15, -0.1) is 0 Å². The van der Waals surface area contributed by atoms with E-state index in [0.717, 1.165) is 7.11 Å². The molecule has 0 aliphatic rings. The fourth-order valence-electron chi connectivity index (χ4n) is 1.29. The lowest BCUT2D eigenvalue weighted by Crippen LogP contribution is -2.11. The first-order valence-corrected chi connectivity index (χ1v) is 4.40. The summed E-state index contributed by atoms with van der Waals surface area (Å²) in [5, 5.41) is 10.7. The van der Waals surface area contributed by atoms with Crippen molar-refractivity contribution < 1.29 is 23.2 Å². The molecule has 1 aromatic rings. The van der Waals surface area contributed by atoms with E-state index in [1.807, 2.05) is 0 Å². The van der Waals surface area contributed by atoms with E-state index in [-0.39, 0.29) is 5.69 Å². The lowest BCUT2D eigenvalue weighted by molar-refractivity contribution is -0.385. The number of esters is 1. The zero-order valence-corrected chi connectivity index (χ0v) is 8.94. The van der Waals surface area contributed by atoms with Crippen LogP contribution in [0.5, 0.6) is 0 Å². The highest BCUT2D eigenvalue weighted by molar-refractivity contribution is 5.95. The molecule has 0 fully saturated rings. The van der Waals surface area contributed by atoms with Crippen LogP contribution in [0, 0.1) is 17.0 Å². The molecule has 0 unspecified atom stereocenters. The van der Waals surface area contributed by atoms with E-state index in [1.54, 1.807) is 0 Å². The highest BCUT2D eigenvalue weighted by Gasteiger charge is 2.27. The number of methoxy groups -OCH3 is 1. The summed E-state index contributed by atoms with van der Waals surface area (Å²) in [5.41, 5.74) is -2.07. The number of carbonyl (C=O) groups is 1. The first kappa shape index (κ1) is 12.9. The van der Waals surface area contributed by atoms with E-state index in [1.165, 1.54) is 6.92 Å². The zero-order chi connectivity index (χ0) is 13.2. The van der Waals surface area contributed by atoms with Gasteiger partial charge in [-0.1, -0.05) is 0 Å². The molecule has 0 radical (unpaired) electrons. The standard InChI is InChI=1S/C9H8F2N2O4/c1-4-7(9(14)17-2)6(13(15)16)3-5(12-4)8(10)11/h3,8H,1-2H3. The maximum atomic E-state index is 12.4. The van der Waals surface area contributed by atoms with Crippen molar-refractivity contribution in [3.63, 3.8) is 0 Å². The summed E-state index contributed by atoms with van der Waals surface area (Å²) in [4.78, 5) is 24.5. The van der Waals surface area contributed by atoms with Gasteiger partial charge in [-0.3, -0.25) is 15.1 Å². The van der Waals surface area contributed by atoms with E-state index in [0.29, 0.717) is 6.07 Å². The van der Waals surface area contributed by atoms with Crippen LogP contribution in [0.3, 0.4) is 0 Å². The first-order valence-electron chi connectivity index (χ1n) is 4.40. The van der Waals surface area contributed by atoms with Crippen LogP contribution in [-0.4, -0.2) is 23.0 Å². The van der Waals surface area contributed by atoms with Gasteiger partial charge < -0.3 is 4.74 Å². The second kappa shape index (κ2) is 4.81. The van der Waals surface area contributed by atoms with Gasteiger partial charge in [-0.2, -0.15) is 0 Å². The lowest BCUT2D eigenvalue weighted by Gasteiger charge is -2.06. The molecule has 6 nitrogen and oxygen atoms in total. The van der Waals surface area contributed by atoms with Crippen molar-refractivity contribution in [1.82, 2.24) is 4.98 Å². The summed E-state index contributed by atoms with van der Waals surface area (Å²) >= 11 is 0. The second-order valence-electron chi connectivity index (χ2n) is 3.08. The normalized spacial score (nSPS) is 10.4. The van der Waals surface area contributed by atoms with Gasteiger partial charge in [0, 0.05) is 6.07 Å². The van der Waals surface area contributed by atoms with E-state index < -0.39 is 34.3 Å². The third-order valence-electron chi connectivity index (χ3n) is 2.01. The first-order chi connectivity index (χ1) is 7.88. The van der Waals surface area contributed by atoms with E-state index in [4.69, 9.17) is 0 Å². The SMILES string of the molecule is COC(=O)c1c([N+](=O)[O-])cc(C(F)F)nc1C. The molecule has 8 heteroatoms. The van der Waals surface area contributed by atoms with Crippen molar-refractivity contribution in [2.45, 2.75) is 13.3 Å². The Balaban J connectivity index is 3.49. The van der Waals surface area contributed by atoms with Crippen LogP contribution in [0.1, 0.15) is 28.2 Å². The zero-order valence-electron chi connectivity index (χ0n) is 8.94. The molecular weight excluding hydrogens is 238 g/mol. The van der Waals surface area contributed by atoms with Crippen molar-refractivity contribution in [2.24, 2.45) is 0 Å². The molecule has 0 saturated heterocycles. The Hall–Kier alpha value is -2.12. The molecule has 1 heterocycles. The van der Waals surface area contributed by atoms with Gasteiger partial charge in [0.1, 0.15) is 5.69 Å². The van der Waals surface area contributed by atoms with Crippen molar-refractivity contribution in [3.8, 4) is 0 Å². The fourth-order valence-corrected chi connectivity index (χ4v) is 1.29. The van der Waals surface area contributed by atoms with E-state index in [2.05, 4.69) is 9.72 Å². The van der Waals surface area contributed by atoms with Gasteiger partial charge in [0.05, 0.1) is 17.7 Å². The number of nitro groups is 1. The number of aromatic nitrogens is 1. The van der Waals surface area contributed by atoms with Crippen LogP contribution in [0.2, 0.25) is 0 Å². The average molecular weight is 246 g/mol. The minimum absolute atomic E-state index is 0.165. The molecule has 0 N–H and O–H groups in total. The van der Waals surface area contributed by atoms with Crippen molar-refractivity contribution in [2.75, 3.05) is 7.11 Å². The van der Waals surface area contributed by atoms with Crippen molar-refractivity contribution in [3.05, 3.63) is 33.1 Å². The topological polar surface area (TPSA) is 82.3 Å². The predicted molar refractivity (Wildman–Crippen MR) is 51.9 cm³/mol. The molecule has 1 rings (SSSR count). The number of hydrogen-bond donors (Lipinski definition) is 0. The van der Waals surface area contributed by atoms with Crippen LogP contribution in [-0.2, 0) is 4.74 Å². The number of carbonyl (C=O) groups excluding carboxylic acids is 1. The van der Waals surface area contributed by atoms with Gasteiger partial charge in [-0.25, -0.2) is 13.6 Å².